The third-order valence-corrected chi connectivity index (χ3v) is 9.14. The minimum atomic E-state index is -3.64. The molecular weight excluding hydrogens is 460 g/mol. The van der Waals surface area contributed by atoms with E-state index in [1.54, 1.807) is 12.1 Å². The van der Waals surface area contributed by atoms with E-state index in [9.17, 15) is 13.2 Å². The molecule has 3 aromatic rings. The van der Waals surface area contributed by atoms with Gasteiger partial charge in [-0.1, -0.05) is 48.5 Å². The largest absolute Gasteiger partial charge is 0.457 e. The summed E-state index contributed by atoms with van der Waals surface area (Å²) < 4.78 is 34.1. The molecule has 2 aliphatic rings. The van der Waals surface area contributed by atoms with E-state index in [1.165, 1.54) is 4.31 Å². The lowest BCUT2D eigenvalue weighted by molar-refractivity contribution is -0.138. The van der Waals surface area contributed by atoms with Crippen LogP contribution in [-0.4, -0.2) is 43.2 Å². The van der Waals surface area contributed by atoms with E-state index < -0.39 is 15.4 Å². The number of benzene rings is 3. The first-order chi connectivity index (χ1) is 16.9. The lowest BCUT2D eigenvalue weighted by atomic mass is 9.79. The standard InChI is InChI=1S/C28H30N2O4S/c1-22-8-5-6-11-26(22)35(32,33)30-18-7-16-28(21-30)17-19-29(27(28)31)20-23-12-14-25(15-13-23)34-24-9-3-2-4-10-24/h2-6,8-15H,7,16-21H2,1H3. The maximum atomic E-state index is 13.6. The predicted molar refractivity (Wildman–Crippen MR) is 135 cm³/mol. The highest BCUT2D eigenvalue weighted by atomic mass is 32.2. The number of nitrogens with zero attached hydrogens (tertiary/aromatic N) is 2. The predicted octanol–water partition coefficient (Wildman–Crippen LogP) is 4.99. The van der Waals surface area contributed by atoms with Gasteiger partial charge in [-0.2, -0.15) is 4.31 Å². The van der Waals surface area contributed by atoms with Crippen LogP contribution in [0.3, 0.4) is 0 Å². The van der Waals surface area contributed by atoms with Crippen molar-refractivity contribution in [1.29, 1.82) is 0 Å². The quantitative estimate of drug-likeness (QED) is 0.488. The SMILES string of the molecule is Cc1ccccc1S(=O)(=O)N1CCCC2(CCN(Cc3ccc(Oc4ccccc4)cc3)C2=O)C1. The zero-order valence-electron chi connectivity index (χ0n) is 19.9. The molecule has 1 unspecified atom stereocenters. The van der Waals surface area contributed by atoms with E-state index in [-0.39, 0.29) is 12.5 Å². The van der Waals surface area contributed by atoms with Crippen LogP contribution in [-0.2, 0) is 21.4 Å². The zero-order chi connectivity index (χ0) is 24.5. The zero-order valence-corrected chi connectivity index (χ0v) is 20.7. The molecule has 1 amide bonds. The number of ether oxygens (including phenoxy) is 1. The number of amides is 1. The highest BCUT2D eigenvalue weighted by Crippen LogP contribution is 2.42. The third kappa shape index (κ3) is 4.70. The molecule has 35 heavy (non-hydrogen) atoms. The van der Waals surface area contributed by atoms with E-state index in [2.05, 4.69) is 0 Å². The lowest BCUT2D eigenvalue weighted by Gasteiger charge is -2.38. The second kappa shape index (κ2) is 9.47. The number of carbonyl (C=O) groups is 1. The highest BCUT2D eigenvalue weighted by molar-refractivity contribution is 7.89. The van der Waals surface area contributed by atoms with Crippen LogP contribution in [0.5, 0.6) is 11.5 Å². The van der Waals surface area contributed by atoms with Crippen molar-refractivity contribution in [2.24, 2.45) is 5.41 Å². The molecule has 0 aromatic heterocycles. The first-order valence-electron chi connectivity index (χ1n) is 12.0. The average Bonchev–Trinajstić information content (AvgIpc) is 3.15. The summed E-state index contributed by atoms with van der Waals surface area (Å²) in [5.74, 6) is 1.58. The Bertz CT molecular complexity index is 1310. The Morgan fingerprint density at radius 1 is 0.857 bits per heavy atom. The molecule has 0 radical (unpaired) electrons. The van der Waals surface area contributed by atoms with Gasteiger partial charge in [-0.15, -0.1) is 0 Å². The van der Waals surface area contributed by atoms with Crippen molar-refractivity contribution in [2.75, 3.05) is 19.6 Å². The summed E-state index contributed by atoms with van der Waals surface area (Å²) in [6.45, 7) is 3.67. The Morgan fingerprint density at radius 3 is 2.29 bits per heavy atom. The lowest BCUT2D eigenvalue weighted by Crippen LogP contribution is -2.49. The van der Waals surface area contributed by atoms with Gasteiger partial charge in [0.15, 0.2) is 0 Å². The van der Waals surface area contributed by atoms with Crippen molar-refractivity contribution in [3.05, 3.63) is 90.0 Å². The monoisotopic (exact) mass is 490 g/mol. The normalized spacial score (nSPS) is 20.9. The van der Waals surface area contributed by atoms with E-state index in [0.717, 1.165) is 29.0 Å². The fourth-order valence-corrected chi connectivity index (χ4v) is 7.00. The fraction of sp³-hybridized carbons (Fsp3) is 0.321. The van der Waals surface area contributed by atoms with Crippen molar-refractivity contribution in [3.63, 3.8) is 0 Å². The number of likely N-dealkylation sites (tertiary alicyclic amines) is 1. The van der Waals surface area contributed by atoms with Gasteiger partial charge >= 0.3 is 0 Å². The van der Waals surface area contributed by atoms with Crippen LogP contribution in [0.2, 0.25) is 0 Å². The van der Waals surface area contributed by atoms with Gasteiger partial charge in [0.1, 0.15) is 11.5 Å². The minimum Gasteiger partial charge on any atom is -0.457 e. The maximum absolute atomic E-state index is 13.6. The maximum Gasteiger partial charge on any atom is 0.243 e. The molecule has 0 bridgehead atoms. The second-order valence-corrected chi connectivity index (χ2v) is 11.4. The first-order valence-corrected chi connectivity index (χ1v) is 13.5. The summed E-state index contributed by atoms with van der Waals surface area (Å²) in [6.07, 6.45) is 2.10. The van der Waals surface area contributed by atoms with Gasteiger partial charge in [-0.25, -0.2) is 8.42 Å². The summed E-state index contributed by atoms with van der Waals surface area (Å²) in [6, 6.07) is 24.4. The van der Waals surface area contributed by atoms with Crippen LogP contribution in [0.1, 0.15) is 30.4 Å². The van der Waals surface area contributed by atoms with Gasteiger partial charge in [-0.3, -0.25) is 4.79 Å². The van der Waals surface area contributed by atoms with Gasteiger partial charge in [0.2, 0.25) is 15.9 Å². The van der Waals surface area contributed by atoms with E-state index in [4.69, 9.17) is 4.74 Å². The number of para-hydroxylation sites is 1. The highest BCUT2D eigenvalue weighted by Gasteiger charge is 2.50. The molecule has 7 heteroatoms. The van der Waals surface area contributed by atoms with Crippen molar-refractivity contribution < 1.29 is 17.9 Å². The van der Waals surface area contributed by atoms with Crippen molar-refractivity contribution >= 4 is 15.9 Å². The summed E-state index contributed by atoms with van der Waals surface area (Å²) in [7, 11) is -3.64. The third-order valence-electron chi connectivity index (χ3n) is 7.13. The Morgan fingerprint density at radius 2 is 1.54 bits per heavy atom. The van der Waals surface area contributed by atoms with E-state index in [0.29, 0.717) is 37.4 Å². The molecule has 6 nitrogen and oxygen atoms in total. The molecule has 1 spiro atoms. The van der Waals surface area contributed by atoms with Crippen LogP contribution in [0.15, 0.2) is 83.8 Å². The van der Waals surface area contributed by atoms with Crippen LogP contribution >= 0.6 is 0 Å². The minimum absolute atomic E-state index is 0.0618. The fourth-order valence-electron chi connectivity index (χ4n) is 5.21. The molecular formula is C28H30N2O4S. The summed E-state index contributed by atoms with van der Waals surface area (Å²) in [5, 5.41) is 0. The summed E-state index contributed by atoms with van der Waals surface area (Å²) in [4.78, 5) is 15.8. The molecule has 5 rings (SSSR count). The first kappa shape index (κ1) is 23.6. The van der Waals surface area contributed by atoms with Crippen molar-refractivity contribution in [2.45, 2.75) is 37.6 Å². The second-order valence-electron chi connectivity index (χ2n) is 9.52. The average molecular weight is 491 g/mol. The summed E-state index contributed by atoms with van der Waals surface area (Å²) in [5.41, 5.74) is 1.12. The molecule has 3 aromatic carbocycles. The van der Waals surface area contributed by atoms with Crippen LogP contribution in [0.25, 0.3) is 0 Å². The molecule has 182 valence electrons. The van der Waals surface area contributed by atoms with Crippen LogP contribution in [0, 0.1) is 12.3 Å². The van der Waals surface area contributed by atoms with E-state index >= 15 is 0 Å². The topological polar surface area (TPSA) is 66.9 Å². The number of sulfonamides is 1. The van der Waals surface area contributed by atoms with Gasteiger partial charge in [0.25, 0.3) is 0 Å². The number of hydrogen-bond acceptors (Lipinski definition) is 4. The number of rotatable bonds is 6. The molecule has 2 saturated heterocycles. The Kier molecular flexibility index (Phi) is 6.38. The number of carbonyl (C=O) groups excluding carboxylic acids is 1. The van der Waals surface area contributed by atoms with Crippen molar-refractivity contribution in [3.8, 4) is 11.5 Å². The van der Waals surface area contributed by atoms with Crippen molar-refractivity contribution in [1.82, 2.24) is 9.21 Å². The molecule has 1 atom stereocenters. The smallest absolute Gasteiger partial charge is 0.243 e. The molecule has 0 aliphatic carbocycles. The summed E-state index contributed by atoms with van der Waals surface area (Å²) >= 11 is 0. The molecule has 0 saturated carbocycles. The molecule has 2 aliphatic heterocycles. The van der Waals surface area contributed by atoms with Crippen LogP contribution in [0.4, 0.5) is 0 Å². The molecule has 2 fully saturated rings. The number of hydrogen-bond donors (Lipinski definition) is 0. The van der Waals surface area contributed by atoms with Gasteiger partial charge in [-0.05, 0) is 67.6 Å². The van der Waals surface area contributed by atoms with E-state index in [1.807, 2.05) is 78.6 Å². The molecule has 0 N–H and O–H groups in total. The number of aryl methyl sites for hydroxylation is 1. The van der Waals surface area contributed by atoms with Crippen LogP contribution < -0.4 is 4.74 Å². The number of piperidine rings is 1. The van der Waals surface area contributed by atoms with Gasteiger partial charge < -0.3 is 9.64 Å². The Balaban J connectivity index is 1.27. The Labute approximate surface area is 207 Å². The van der Waals surface area contributed by atoms with Gasteiger partial charge in [0.05, 0.1) is 10.3 Å². The Hall–Kier alpha value is -3.16. The molecule has 2 heterocycles. The van der Waals surface area contributed by atoms with Gasteiger partial charge in [0, 0.05) is 26.2 Å².